The third-order valence-corrected chi connectivity index (χ3v) is 5.72. The largest absolute Gasteiger partial charge is 0.396 e. The minimum absolute atomic E-state index is 0.000463. The van der Waals surface area contributed by atoms with Gasteiger partial charge >= 0.3 is 0 Å². The lowest BCUT2D eigenvalue weighted by molar-refractivity contribution is 0.281. The molecule has 0 bridgehead atoms. The summed E-state index contributed by atoms with van der Waals surface area (Å²) in [4.78, 5) is 3.25. The lowest BCUT2D eigenvalue weighted by Gasteiger charge is -2.19. The Labute approximate surface area is 158 Å². The molecule has 0 amide bonds. The molecule has 3 rings (SSSR count). The summed E-state index contributed by atoms with van der Waals surface area (Å²) < 4.78 is 23.5. The van der Waals surface area contributed by atoms with Gasteiger partial charge in [0.2, 0.25) is 0 Å². The van der Waals surface area contributed by atoms with Crippen molar-refractivity contribution in [2.24, 2.45) is 0 Å². The van der Waals surface area contributed by atoms with E-state index in [0.29, 0.717) is 11.4 Å². The topological polar surface area (TPSA) is 70.2 Å². The number of aliphatic hydroxyl groups excluding tert-OH is 1. The van der Waals surface area contributed by atoms with Crippen molar-refractivity contribution in [3.05, 3.63) is 69.9 Å². The minimum Gasteiger partial charge on any atom is -0.396 e. The minimum atomic E-state index is -3.13. The SMILES string of the molecule is Cc1cc(Cl)ccc1C(CCO)c1c[nH]c2c(CS(C)(=O)=O)cccc12. The molecule has 1 aromatic heterocycles. The van der Waals surface area contributed by atoms with Crippen LogP contribution in [0.1, 0.15) is 34.6 Å². The first-order valence-electron chi connectivity index (χ1n) is 8.43. The highest BCUT2D eigenvalue weighted by Gasteiger charge is 2.21. The van der Waals surface area contributed by atoms with Crippen LogP contribution in [0.4, 0.5) is 0 Å². The third kappa shape index (κ3) is 3.95. The van der Waals surface area contributed by atoms with Crippen LogP contribution in [0.15, 0.2) is 42.6 Å². The van der Waals surface area contributed by atoms with Gasteiger partial charge in [0, 0.05) is 40.9 Å². The Morgan fingerprint density at radius 2 is 1.96 bits per heavy atom. The molecule has 138 valence electrons. The molecule has 2 aromatic carbocycles. The van der Waals surface area contributed by atoms with E-state index in [1.165, 1.54) is 6.26 Å². The number of nitrogens with one attached hydrogen (secondary N) is 1. The quantitative estimate of drug-likeness (QED) is 0.661. The predicted octanol–water partition coefficient (Wildman–Crippen LogP) is 4.19. The number of fused-ring (bicyclic) bond motifs is 1. The summed E-state index contributed by atoms with van der Waals surface area (Å²) >= 11 is 6.09. The molecule has 4 nitrogen and oxygen atoms in total. The highest BCUT2D eigenvalue weighted by atomic mass is 35.5. The van der Waals surface area contributed by atoms with Gasteiger partial charge < -0.3 is 10.1 Å². The number of benzene rings is 2. The van der Waals surface area contributed by atoms with Crippen LogP contribution in [0.2, 0.25) is 5.02 Å². The Morgan fingerprint density at radius 3 is 2.62 bits per heavy atom. The number of hydrogen-bond donors (Lipinski definition) is 2. The molecule has 0 fully saturated rings. The fraction of sp³-hybridized carbons (Fsp3) is 0.300. The summed E-state index contributed by atoms with van der Waals surface area (Å²) in [6, 6.07) is 11.5. The number of aliphatic hydroxyl groups is 1. The van der Waals surface area contributed by atoms with Gasteiger partial charge in [-0.05, 0) is 47.7 Å². The van der Waals surface area contributed by atoms with Crippen molar-refractivity contribution in [1.29, 1.82) is 0 Å². The summed E-state index contributed by atoms with van der Waals surface area (Å²) in [6.45, 7) is 2.07. The van der Waals surface area contributed by atoms with Crippen molar-refractivity contribution >= 4 is 32.3 Å². The molecule has 0 spiro atoms. The summed E-state index contributed by atoms with van der Waals surface area (Å²) in [7, 11) is -3.13. The number of rotatable bonds is 6. The molecule has 3 aromatic rings. The Kier molecular flexibility index (Phi) is 5.42. The first-order valence-corrected chi connectivity index (χ1v) is 10.9. The van der Waals surface area contributed by atoms with Gasteiger partial charge in [0.15, 0.2) is 9.84 Å². The normalized spacial score (nSPS) is 13.2. The van der Waals surface area contributed by atoms with E-state index in [0.717, 1.165) is 33.2 Å². The molecule has 26 heavy (non-hydrogen) atoms. The van der Waals surface area contributed by atoms with Gasteiger partial charge in [0.25, 0.3) is 0 Å². The maximum atomic E-state index is 11.7. The molecule has 0 aliphatic heterocycles. The molecule has 0 aliphatic carbocycles. The van der Waals surface area contributed by atoms with Gasteiger partial charge in [-0.25, -0.2) is 8.42 Å². The molecule has 1 atom stereocenters. The fourth-order valence-corrected chi connectivity index (χ4v) is 4.60. The lowest BCUT2D eigenvalue weighted by atomic mass is 9.86. The number of halogens is 1. The van der Waals surface area contributed by atoms with Crippen LogP contribution >= 0.6 is 11.6 Å². The van der Waals surface area contributed by atoms with Crippen molar-refractivity contribution in [2.75, 3.05) is 12.9 Å². The third-order valence-electron chi connectivity index (χ3n) is 4.65. The average molecular weight is 392 g/mol. The smallest absolute Gasteiger partial charge is 0.151 e. The predicted molar refractivity (Wildman–Crippen MR) is 107 cm³/mol. The molecular weight excluding hydrogens is 370 g/mol. The number of aromatic nitrogens is 1. The maximum absolute atomic E-state index is 11.7. The number of para-hydroxylation sites is 1. The van der Waals surface area contributed by atoms with Gasteiger partial charge in [0.05, 0.1) is 5.75 Å². The first-order chi connectivity index (χ1) is 12.3. The van der Waals surface area contributed by atoms with E-state index in [2.05, 4.69) is 4.98 Å². The van der Waals surface area contributed by atoms with Crippen LogP contribution in [0.3, 0.4) is 0 Å². The van der Waals surface area contributed by atoms with Gasteiger partial charge in [0.1, 0.15) is 0 Å². The van der Waals surface area contributed by atoms with E-state index in [9.17, 15) is 13.5 Å². The summed E-state index contributed by atoms with van der Waals surface area (Å²) in [5.74, 6) is -0.00549. The molecule has 0 saturated heterocycles. The van der Waals surface area contributed by atoms with Gasteiger partial charge in [-0.15, -0.1) is 0 Å². The van der Waals surface area contributed by atoms with Crippen LogP contribution in [0.5, 0.6) is 0 Å². The molecule has 0 aliphatic rings. The Morgan fingerprint density at radius 1 is 1.19 bits per heavy atom. The molecular formula is C20H22ClNO3S. The molecule has 0 radical (unpaired) electrons. The molecule has 0 saturated carbocycles. The van der Waals surface area contributed by atoms with Crippen molar-refractivity contribution in [2.45, 2.75) is 25.0 Å². The van der Waals surface area contributed by atoms with Gasteiger partial charge in [-0.2, -0.15) is 0 Å². The summed E-state index contributed by atoms with van der Waals surface area (Å²) in [5, 5.41) is 11.3. The summed E-state index contributed by atoms with van der Waals surface area (Å²) in [6.07, 6.45) is 3.73. The maximum Gasteiger partial charge on any atom is 0.151 e. The van der Waals surface area contributed by atoms with E-state index < -0.39 is 9.84 Å². The Bertz CT molecular complexity index is 1040. The zero-order valence-corrected chi connectivity index (χ0v) is 16.4. The van der Waals surface area contributed by atoms with Crippen LogP contribution in [-0.4, -0.2) is 31.4 Å². The zero-order valence-electron chi connectivity index (χ0n) is 14.8. The first kappa shape index (κ1) is 19.0. The van der Waals surface area contributed by atoms with Crippen LogP contribution < -0.4 is 0 Å². The van der Waals surface area contributed by atoms with E-state index in [1.54, 1.807) is 0 Å². The molecule has 6 heteroatoms. The molecule has 1 unspecified atom stereocenters. The highest BCUT2D eigenvalue weighted by Crippen LogP contribution is 2.36. The number of hydrogen-bond acceptors (Lipinski definition) is 3. The zero-order chi connectivity index (χ0) is 18.9. The number of aromatic amines is 1. The monoisotopic (exact) mass is 391 g/mol. The second-order valence-electron chi connectivity index (χ2n) is 6.72. The van der Waals surface area contributed by atoms with E-state index >= 15 is 0 Å². The Balaban J connectivity index is 2.14. The fourth-order valence-electron chi connectivity index (χ4n) is 3.57. The van der Waals surface area contributed by atoms with Gasteiger partial charge in [-0.3, -0.25) is 0 Å². The van der Waals surface area contributed by atoms with E-state index in [1.807, 2.05) is 49.5 Å². The number of aryl methyl sites for hydroxylation is 1. The van der Waals surface area contributed by atoms with Gasteiger partial charge in [-0.1, -0.05) is 35.9 Å². The van der Waals surface area contributed by atoms with Crippen molar-refractivity contribution < 1.29 is 13.5 Å². The van der Waals surface area contributed by atoms with Crippen LogP contribution in [0.25, 0.3) is 10.9 Å². The van der Waals surface area contributed by atoms with Crippen LogP contribution in [0, 0.1) is 6.92 Å². The second kappa shape index (κ2) is 7.43. The highest BCUT2D eigenvalue weighted by molar-refractivity contribution is 7.89. The average Bonchev–Trinajstić information content (AvgIpc) is 2.97. The number of H-pyrrole nitrogens is 1. The second-order valence-corrected chi connectivity index (χ2v) is 9.30. The lowest BCUT2D eigenvalue weighted by Crippen LogP contribution is -2.05. The van der Waals surface area contributed by atoms with Crippen molar-refractivity contribution in [1.82, 2.24) is 4.98 Å². The molecule has 2 N–H and O–H groups in total. The standard InChI is InChI=1S/C20H22ClNO3S/c1-13-10-15(21)6-7-16(13)17(8-9-23)19-11-22-20-14(12-26(2,24)25)4-3-5-18(19)20/h3-7,10-11,17,22-23H,8-9,12H2,1-2H3. The van der Waals surface area contributed by atoms with Crippen LogP contribution in [-0.2, 0) is 15.6 Å². The van der Waals surface area contributed by atoms with E-state index in [-0.39, 0.29) is 18.3 Å². The number of sulfone groups is 1. The Hall–Kier alpha value is -1.82. The molecule has 1 heterocycles. The van der Waals surface area contributed by atoms with Crippen molar-refractivity contribution in [3.8, 4) is 0 Å². The summed E-state index contributed by atoms with van der Waals surface area (Å²) in [5.41, 5.74) is 4.82. The van der Waals surface area contributed by atoms with Crippen molar-refractivity contribution in [3.63, 3.8) is 0 Å². The van der Waals surface area contributed by atoms with E-state index in [4.69, 9.17) is 11.6 Å².